The lowest BCUT2D eigenvalue weighted by Crippen LogP contribution is -2.44. The van der Waals surface area contributed by atoms with Gasteiger partial charge in [0.25, 0.3) is 0 Å². The molecule has 4 rings (SSSR count). The Balaban J connectivity index is 1.27. The Hall–Kier alpha value is -0.860. The number of piperidine rings is 2. The summed E-state index contributed by atoms with van der Waals surface area (Å²) in [5.41, 5.74) is 4.67. The highest BCUT2D eigenvalue weighted by molar-refractivity contribution is 5.32. The van der Waals surface area contributed by atoms with Gasteiger partial charge < -0.3 is 9.80 Å². The summed E-state index contributed by atoms with van der Waals surface area (Å²) in [6, 6.07) is 7.94. The molecule has 2 saturated heterocycles. The first kappa shape index (κ1) is 17.5. The van der Waals surface area contributed by atoms with Crippen LogP contribution in [-0.2, 0) is 12.8 Å². The molecule has 0 bridgehead atoms. The molecule has 0 amide bonds. The van der Waals surface area contributed by atoms with Crippen molar-refractivity contribution in [1.29, 1.82) is 0 Å². The highest BCUT2D eigenvalue weighted by Gasteiger charge is 2.27. The molecule has 1 aromatic carbocycles. The van der Waals surface area contributed by atoms with Crippen LogP contribution in [0.3, 0.4) is 0 Å². The Morgan fingerprint density at radius 1 is 0.840 bits per heavy atom. The van der Waals surface area contributed by atoms with E-state index >= 15 is 0 Å². The molecule has 1 aromatic rings. The Morgan fingerprint density at radius 3 is 2.32 bits per heavy atom. The lowest BCUT2D eigenvalue weighted by atomic mass is 9.93. The third kappa shape index (κ3) is 4.46. The number of fused-ring (bicyclic) bond motifs is 1. The lowest BCUT2D eigenvalue weighted by Gasteiger charge is -2.39. The number of benzene rings is 1. The number of aryl methyl sites for hydroxylation is 3. The zero-order valence-electron chi connectivity index (χ0n) is 16.2. The van der Waals surface area contributed by atoms with Crippen molar-refractivity contribution in [1.82, 2.24) is 9.80 Å². The minimum atomic E-state index is 0.823. The molecule has 0 radical (unpaired) electrons. The highest BCUT2D eigenvalue weighted by atomic mass is 15.2. The van der Waals surface area contributed by atoms with E-state index in [1.807, 2.05) is 0 Å². The summed E-state index contributed by atoms with van der Waals surface area (Å²) >= 11 is 0. The van der Waals surface area contributed by atoms with Crippen LogP contribution in [0.5, 0.6) is 0 Å². The molecule has 2 fully saturated rings. The van der Waals surface area contributed by atoms with Gasteiger partial charge in [-0.3, -0.25) is 0 Å². The molecule has 2 nitrogen and oxygen atoms in total. The minimum absolute atomic E-state index is 0.823. The molecule has 0 saturated carbocycles. The fourth-order valence-electron chi connectivity index (χ4n) is 5.39. The second kappa shape index (κ2) is 8.22. The van der Waals surface area contributed by atoms with E-state index in [1.54, 1.807) is 11.1 Å². The van der Waals surface area contributed by atoms with Crippen LogP contribution in [0.15, 0.2) is 18.2 Å². The molecule has 138 valence electrons. The van der Waals surface area contributed by atoms with Gasteiger partial charge in [-0.2, -0.15) is 0 Å². The van der Waals surface area contributed by atoms with Crippen LogP contribution in [-0.4, -0.2) is 48.6 Å². The van der Waals surface area contributed by atoms with E-state index in [0.29, 0.717) is 0 Å². The van der Waals surface area contributed by atoms with Crippen LogP contribution in [0.25, 0.3) is 0 Å². The molecule has 1 atom stereocenters. The maximum atomic E-state index is 2.84. The Morgan fingerprint density at radius 2 is 1.56 bits per heavy atom. The normalized spacial score (nSPS) is 27.0. The SMILES string of the molecule is Cc1ccc2c(c1)CCC(N1CCC(CN3CCCCC3)CC1)CC2. The fraction of sp³-hybridized carbons (Fsp3) is 0.739. The summed E-state index contributed by atoms with van der Waals surface area (Å²) in [5, 5.41) is 0. The van der Waals surface area contributed by atoms with Gasteiger partial charge in [0.2, 0.25) is 0 Å². The minimum Gasteiger partial charge on any atom is -0.303 e. The quantitative estimate of drug-likeness (QED) is 0.751. The van der Waals surface area contributed by atoms with Crippen molar-refractivity contribution in [3.8, 4) is 0 Å². The van der Waals surface area contributed by atoms with Crippen LogP contribution >= 0.6 is 0 Å². The topological polar surface area (TPSA) is 6.48 Å². The molecule has 0 spiro atoms. The average Bonchev–Trinajstić information content (AvgIpc) is 2.85. The lowest BCUT2D eigenvalue weighted by molar-refractivity contribution is 0.0969. The number of nitrogens with zero attached hydrogens (tertiary/aromatic N) is 2. The number of likely N-dealkylation sites (tertiary alicyclic amines) is 2. The van der Waals surface area contributed by atoms with Gasteiger partial charge in [-0.05, 0) is 102 Å². The summed E-state index contributed by atoms with van der Waals surface area (Å²) in [6.07, 6.45) is 12.5. The third-order valence-electron chi connectivity index (χ3n) is 6.99. The van der Waals surface area contributed by atoms with Gasteiger partial charge in [0, 0.05) is 12.6 Å². The molecule has 1 aliphatic carbocycles. The zero-order valence-corrected chi connectivity index (χ0v) is 16.2. The summed E-state index contributed by atoms with van der Waals surface area (Å²) < 4.78 is 0. The Bertz CT molecular complexity index is 553. The predicted octanol–water partition coefficient (Wildman–Crippen LogP) is 4.44. The first-order valence-electron chi connectivity index (χ1n) is 10.8. The molecular formula is C23H36N2. The first-order chi connectivity index (χ1) is 12.3. The van der Waals surface area contributed by atoms with Crippen LogP contribution in [0.2, 0.25) is 0 Å². The van der Waals surface area contributed by atoms with Crippen molar-refractivity contribution in [2.75, 3.05) is 32.7 Å². The van der Waals surface area contributed by atoms with E-state index in [-0.39, 0.29) is 0 Å². The van der Waals surface area contributed by atoms with Crippen LogP contribution < -0.4 is 0 Å². The summed E-state index contributed by atoms with van der Waals surface area (Å²) in [4.78, 5) is 5.58. The van der Waals surface area contributed by atoms with Crippen molar-refractivity contribution < 1.29 is 0 Å². The van der Waals surface area contributed by atoms with Crippen LogP contribution in [0, 0.1) is 12.8 Å². The van der Waals surface area contributed by atoms with Gasteiger partial charge in [-0.1, -0.05) is 30.2 Å². The second-order valence-corrected chi connectivity index (χ2v) is 8.84. The average molecular weight is 341 g/mol. The number of hydrogen-bond donors (Lipinski definition) is 0. The molecule has 0 aromatic heterocycles. The molecule has 2 aliphatic heterocycles. The molecule has 2 heterocycles. The molecule has 1 unspecified atom stereocenters. The number of hydrogen-bond acceptors (Lipinski definition) is 2. The highest BCUT2D eigenvalue weighted by Crippen LogP contribution is 2.28. The molecule has 25 heavy (non-hydrogen) atoms. The van der Waals surface area contributed by atoms with E-state index < -0.39 is 0 Å². The van der Waals surface area contributed by atoms with E-state index in [4.69, 9.17) is 0 Å². The first-order valence-corrected chi connectivity index (χ1v) is 10.8. The summed E-state index contributed by atoms with van der Waals surface area (Å²) in [6.45, 7) is 9.02. The van der Waals surface area contributed by atoms with Gasteiger partial charge in [0.15, 0.2) is 0 Å². The van der Waals surface area contributed by atoms with E-state index in [1.165, 1.54) is 96.1 Å². The van der Waals surface area contributed by atoms with Crippen molar-refractivity contribution >= 4 is 0 Å². The second-order valence-electron chi connectivity index (χ2n) is 8.84. The zero-order chi connectivity index (χ0) is 17.1. The Labute approximate surface area is 154 Å². The van der Waals surface area contributed by atoms with Gasteiger partial charge in [0.1, 0.15) is 0 Å². The molecule has 3 aliphatic rings. The fourth-order valence-corrected chi connectivity index (χ4v) is 5.39. The maximum absolute atomic E-state index is 2.84. The monoisotopic (exact) mass is 340 g/mol. The predicted molar refractivity (Wildman–Crippen MR) is 106 cm³/mol. The van der Waals surface area contributed by atoms with E-state index in [0.717, 1.165) is 12.0 Å². The van der Waals surface area contributed by atoms with Crippen molar-refractivity contribution in [3.63, 3.8) is 0 Å². The maximum Gasteiger partial charge on any atom is 0.0102 e. The summed E-state index contributed by atoms with van der Waals surface area (Å²) in [7, 11) is 0. The van der Waals surface area contributed by atoms with Gasteiger partial charge in [0.05, 0.1) is 0 Å². The molecular weight excluding hydrogens is 304 g/mol. The van der Waals surface area contributed by atoms with Gasteiger partial charge >= 0.3 is 0 Å². The standard InChI is InChI=1S/C23H36N2/c1-19-5-6-21-7-9-23(10-8-22(21)17-19)25-15-11-20(12-16-25)18-24-13-3-2-4-14-24/h5-6,17,20,23H,2-4,7-16,18H2,1H3. The van der Waals surface area contributed by atoms with E-state index in [2.05, 4.69) is 34.9 Å². The largest absolute Gasteiger partial charge is 0.303 e. The van der Waals surface area contributed by atoms with Crippen molar-refractivity contribution in [2.45, 2.75) is 70.8 Å². The van der Waals surface area contributed by atoms with Gasteiger partial charge in [-0.15, -0.1) is 0 Å². The van der Waals surface area contributed by atoms with Crippen molar-refractivity contribution in [3.05, 3.63) is 34.9 Å². The third-order valence-corrected chi connectivity index (χ3v) is 6.99. The summed E-state index contributed by atoms with van der Waals surface area (Å²) in [5.74, 6) is 0.958. The Kier molecular flexibility index (Phi) is 5.77. The van der Waals surface area contributed by atoms with E-state index in [9.17, 15) is 0 Å². The smallest absolute Gasteiger partial charge is 0.0102 e. The van der Waals surface area contributed by atoms with Gasteiger partial charge in [-0.25, -0.2) is 0 Å². The molecule has 2 heteroatoms. The number of rotatable bonds is 3. The van der Waals surface area contributed by atoms with Crippen LogP contribution in [0.1, 0.15) is 61.6 Å². The molecule has 0 N–H and O–H groups in total. The van der Waals surface area contributed by atoms with Crippen LogP contribution in [0.4, 0.5) is 0 Å². The van der Waals surface area contributed by atoms with Crippen molar-refractivity contribution in [2.24, 2.45) is 5.92 Å².